The molecule has 0 aromatic heterocycles. The van der Waals surface area contributed by atoms with E-state index in [1.54, 1.807) is 0 Å². The van der Waals surface area contributed by atoms with Crippen LogP contribution in [0.15, 0.2) is 84.2 Å². The first kappa shape index (κ1) is 37.3. The van der Waals surface area contributed by atoms with Crippen molar-refractivity contribution in [1.29, 1.82) is 0 Å². The Kier molecular flexibility index (Phi) is 9.94. The number of carbonyl (C=O) groups excluding carboxylic acids is 1. The van der Waals surface area contributed by atoms with Crippen LogP contribution in [0.2, 0.25) is 0 Å². The number of carbonyl (C=O) groups is 1. The molecule has 4 nitrogen and oxygen atoms in total. The number of aliphatic hydroxyl groups is 1. The van der Waals surface area contributed by atoms with Crippen molar-refractivity contribution >= 4 is 5.91 Å². The first-order chi connectivity index (χ1) is 22.6. The van der Waals surface area contributed by atoms with Crippen LogP contribution in [0.25, 0.3) is 0 Å². The van der Waals surface area contributed by atoms with E-state index >= 15 is 22.0 Å². The van der Waals surface area contributed by atoms with Crippen LogP contribution in [-0.4, -0.2) is 29.7 Å². The molecule has 49 heavy (non-hydrogen) atoms. The molecule has 1 aliphatic carbocycles. The van der Waals surface area contributed by atoms with Crippen molar-refractivity contribution in [2.24, 2.45) is 11.1 Å². The third kappa shape index (κ3) is 6.85. The monoisotopic (exact) mass is 715 g/mol. The quantitative estimate of drug-likeness (QED) is 0.207. The molecule has 0 aliphatic heterocycles. The Bertz CT molecular complexity index is 1780. The average molecular weight is 716 g/mol. The lowest BCUT2D eigenvalue weighted by atomic mass is 9.50. The molecule has 1 aliphatic rings. The Morgan fingerprint density at radius 1 is 0.837 bits per heavy atom. The summed E-state index contributed by atoms with van der Waals surface area (Å²) in [6, 6.07) is 5.15. The number of allylic oxidation sites excluding steroid dienone is 3. The maximum absolute atomic E-state index is 16.4. The number of ether oxygens (including phenoxy) is 1. The highest BCUT2D eigenvalue weighted by molar-refractivity contribution is 5.93. The second-order valence-electron chi connectivity index (χ2n) is 11.0. The molecule has 0 saturated heterocycles. The number of benzene rings is 3. The predicted molar refractivity (Wildman–Crippen MR) is 146 cm³/mol. The Hall–Kier alpha value is -4.54. The van der Waals surface area contributed by atoms with Crippen LogP contribution in [0, 0.1) is 17.0 Å². The van der Waals surface area contributed by atoms with Crippen LogP contribution in [0.1, 0.15) is 34.2 Å². The fourth-order valence-corrected chi connectivity index (χ4v) is 5.91. The Morgan fingerprint density at radius 2 is 1.45 bits per heavy atom. The van der Waals surface area contributed by atoms with Crippen molar-refractivity contribution in [3.05, 3.63) is 124 Å². The zero-order valence-corrected chi connectivity index (χ0v) is 24.4. The minimum atomic E-state index is -5.99. The van der Waals surface area contributed by atoms with Gasteiger partial charge in [0, 0.05) is 17.1 Å². The summed E-state index contributed by atoms with van der Waals surface area (Å²) in [5, 5.41) is 9.44. The van der Waals surface area contributed by atoms with E-state index in [1.165, 1.54) is 0 Å². The van der Waals surface area contributed by atoms with E-state index in [4.69, 9.17) is 5.73 Å². The third-order valence-electron chi connectivity index (χ3n) is 8.13. The van der Waals surface area contributed by atoms with Crippen molar-refractivity contribution in [2.45, 2.75) is 49.8 Å². The summed E-state index contributed by atoms with van der Waals surface area (Å²) in [5.74, 6) is -9.04. The number of hydrogen-bond acceptors (Lipinski definition) is 3. The second-order valence-corrected chi connectivity index (χ2v) is 11.0. The molecule has 0 radical (unpaired) electrons. The molecule has 0 bridgehead atoms. The second kappa shape index (κ2) is 13.1. The molecule has 2 atom stereocenters. The van der Waals surface area contributed by atoms with E-state index in [-0.39, 0.29) is 47.5 Å². The van der Waals surface area contributed by atoms with Gasteiger partial charge in [0.2, 0.25) is 5.91 Å². The van der Waals surface area contributed by atoms with Gasteiger partial charge in [0.15, 0.2) is 0 Å². The summed E-state index contributed by atoms with van der Waals surface area (Å²) in [4.78, 5) is 12.2. The fourth-order valence-electron chi connectivity index (χ4n) is 5.91. The molecule has 0 fully saturated rings. The number of hydrogen-bond donors (Lipinski definition) is 2. The number of nitrogens with two attached hydrogens (primary N) is 1. The van der Waals surface area contributed by atoms with Crippen molar-refractivity contribution < 1.29 is 71.7 Å². The largest absolute Gasteiger partial charge is 0.461 e. The lowest BCUT2D eigenvalue weighted by molar-refractivity contribution is -0.253. The van der Waals surface area contributed by atoms with Crippen molar-refractivity contribution in [3.8, 4) is 5.75 Å². The van der Waals surface area contributed by atoms with Gasteiger partial charge in [0.1, 0.15) is 28.6 Å². The van der Waals surface area contributed by atoms with Crippen LogP contribution >= 0.6 is 0 Å². The lowest BCUT2D eigenvalue weighted by Gasteiger charge is -2.52. The molecular weight excluding hydrogens is 693 g/mol. The smallest absolute Gasteiger partial charge is 0.428 e. The van der Waals surface area contributed by atoms with Gasteiger partial charge in [-0.15, -0.1) is 0 Å². The standard InChI is InChI=1S/C32H22F13NO3/c33-21-9-20(10-22(12-21)49-31(41,42)27(36)37)28(13-16-1-3-17(15-47)4-2-16,19-6-7-24(34)23(11-19)30(38,39)40)29(32(43,44)45)14-18(26(46)48)5-8-25(29)35/h1-12,27,47H,13-15H2,(H2,46,48)/t28?,29-/m0/s1. The lowest BCUT2D eigenvalue weighted by Crippen LogP contribution is -2.58. The maximum atomic E-state index is 16.4. The third-order valence-corrected chi connectivity index (χ3v) is 8.13. The molecule has 17 heteroatoms. The molecule has 3 aromatic rings. The van der Waals surface area contributed by atoms with E-state index in [0.29, 0.717) is 12.1 Å². The van der Waals surface area contributed by atoms with E-state index in [2.05, 4.69) is 4.74 Å². The van der Waals surface area contributed by atoms with Crippen LogP contribution in [0.5, 0.6) is 5.75 Å². The summed E-state index contributed by atoms with van der Waals surface area (Å²) in [5.41, 5.74) is -8.26. The molecule has 3 N–H and O–H groups in total. The molecule has 3 aromatic carbocycles. The number of halogens is 13. The summed E-state index contributed by atoms with van der Waals surface area (Å²) in [6.07, 6.45) is -23.9. The number of rotatable bonds is 10. The Labute approximate surface area is 268 Å². The molecule has 4 rings (SSSR count). The fraction of sp³-hybridized carbons (Fsp3) is 0.281. The van der Waals surface area contributed by atoms with Gasteiger partial charge in [-0.1, -0.05) is 36.4 Å². The highest BCUT2D eigenvalue weighted by atomic mass is 19.4. The van der Waals surface area contributed by atoms with Crippen LogP contribution in [0.4, 0.5) is 57.1 Å². The van der Waals surface area contributed by atoms with Gasteiger partial charge < -0.3 is 15.6 Å². The van der Waals surface area contributed by atoms with Gasteiger partial charge in [-0.3, -0.25) is 4.79 Å². The van der Waals surface area contributed by atoms with Crippen molar-refractivity contribution in [2.75, 3.05) is 0 Å². The van der Waals surface area contributed by atoms with Crippen molar-refractivity contribution in [1.82, 2.24) is 0 Å². The van der Waals surface area contributed by atoms with Crippen molar-refractivity contribution in [3.63, 3.8) is 0 Å². The van der Waals surface area contributed by atoms with Gasteiger partial charge in [0.05, 0.1) is 12.2 Å². The van der Waals surface area contributed by atoms with E-state index in [1.807, 2.05) is 0 Å². The molecule has 1 unspecified atom stereocenters. The zero-order valence-electron chi connectivity index (χ0n) is 24.4. The SMILES string of the molecule is NC(=O)C1=CC=C(F)[C@](C(F)(F)F)(C(Cc2ccc(CO)cc2)(c2cc(F)cc(OC(F)(F)C(F)F)c2)c2ccc(F)c(C(F)(F)F)c2)C1. The highest BCUT2D eigenvalue weighted by Gasteiger charge is 2.71. The van der Waals surface area contributed by atoms with Gasteiger partial charge in [-0.25, -0.2) is 13.2 Å². The minimum Gasteiger partial charge on any atom is -0.428 e. The number of primary amides is 1. The number of alkyl halides is 10. The average Bonchev–Trinajstić information content (AvgIpc) is 2.99. The Morgan fingerprint density at radius 3 is 1.98 bits per heavy atom. The Balaban J connectivity index is 2.28. The number of amides is 1. The van der Waals surface area contributed by atoms with Crippen LogP contribution in [-0.2, 0) is 29.4 Å². The summed E-state index contributed by atoms with van der Waals surface area (Å²) < 4.78 is 194. The molecule has 0 saturated carbocycles. The van der Waals surface area contributed by atoms with Gasteiger partial charge >= 0.3 is 24.9 Å². The topological polar surface area (TPSA) is 72.6 Å². The first-order valence-corrected chi connectivity index (χ1v) is 13.7. The summed E-state index contributed by atoms with van der Waals surface area (Å²) in [6.45, 7) is -0.599. The number of aliphatic hydroxyl groups excluding tert-OH is 1. The highest BCUT2D eigenvalue weighted by Crippen LogP contribution is 2.65. The molecule has 1 amide bonds. The van der Waals surface area contributed by atoms with E-state index in [9.17, 15) is 45.0 Å². The zero-order chi connectivity index (χ0) is 36.7. The summed E-state index contributed by atoms with van der Waals surface area (Å²) >= 11 is 0. The van der Waals surface area contributed by atoms with Gasteiger partial charge in [0.25, 0.3) is 0 Å². The van der Waals surface area contributed by atoms with E-state index < -0.39 is 107 Å². The van der Waals surface area contributed by atoms with Gasteiger partial charge in [-0.2, -0.15) is 43.9 Å². The van der Waals surface area contributed by atoms with Gasteiger partial charge in [-0.05, 0) is 65.4 Å². The van der Waals surface area contributed by atoms with Crippen LogP contribution < -0.4 is 10.5 Å². The molecule has 264 valence electrons. The molecule has 0 heterocycles. The minimum absolute atomic E-state index is 0.0501. The first-order valence-electron chi connectivity index (χ1n) is 13.7. The van der Waals surface area contributed by atoms with E-state index in [0.717, 1.165) is 24.3 Å². The summed E-state index contributed by atoms with van der Waals surface area (Å²) in [7, 11) is 0. The molecule has 0 spiro atoms. The predicted octanol–water partition coefficient (Wildman–Crippen LogP) is 8.46. The molecular formula is C32H22F13NO3. The maximum Gasteiger partial charge on any atom is 0.461 e. The van der Waals surface area contributed by atoms with Crippen LogP contribution in [0.3, 0.4) is 0 Å². The normalized spacial score (nSPS) is 18.5.